The van der Waals surface area contributed by atoms with Crippen LogP contribution in [0.4, 0.5) is 10.1 Å². The fourth-order valence-corrected chi connectivity index (χ4v) is 1.94. The molecule has 2 aromatic carbocycles. The third-order valence-electron chi connectivity index (χ3n) is 3.20. The number of anilines is 1. The molecule has 0 aromatic heterocycles. The van der Waals surface area contributed by atoms with Gasteiger partial charge < -0.3 is 15.8 Å². The van der Waals surface area contributed by atoms with Gasteiger partial charge in [0.05, 0.1) is 12.8 Å². The zero-order chi connectivity index (χ0) is 15.4. The molecular formula is C16H17FN2O2. The van der Waals surface area contributed by atoms with Gasteiger partial charge in [-0.05, 0) is 42.3 Å². The van der Waals surface area contributed by atoms with Crippen molar-refractivity contribution in [3.05, 3.63) is 58.9 Å². The molecule has 21 heavy (non-hydrogen) atoms. The van der Waals surface area contributed by atoms with E-state index in [1.807, 2.05) is 6.07 Å². The van der Waals surface area contributed by atoms with Crippen molar-refractivity contribution in [3.63, 3.8) is 0 Å². The highest BCUT2D eigenvalue weighted by atomic mass is 19.1. The van der Waals surface area contributed by atoms with E-state index in [0.29, 0.717) is 29.1 Å². The summed E-state index contributed by atoms with van der Waals surface area (Å²) in [7, 11) is 1.54. The number of rotatable bonds is 5. The summed E-state index contributed by atoms with van der Waals surface area (Å²) in [4.78, 5) is 11.2. The van der Waals surface area contributed by atoms with Crippen LogP contribution in [0.25, 0.3) is 0 Å². The Labute approximate surface area is 122 Å². The van der Waals surface area contributed by atoms with Crippen molar-refractivity contribution >= 4 is 11.6 Å². The zero-order valence-electron chi connectivity index (χ0n) is 11.9. The van der Waals surface area contributed by atoms with Crippen molar-refractivity contribution in [2.75, 3.05) is 12.4 Å². The van der Waals surface area contributed by atoms with Gasteiger partial charge in [0.1, 0.15) is 11.6 Å². The van der Waals surface area contributed by atoms with Crippen molar-refractivity contribution in [1.29, 1.82) is 0 Å². The Morgan fingerprint density at radius 1 is 1.29 bits per heavy atom. The molecule has 0 aliphatic rings. The molecule has 0 saturated heterocycles. The third kappa shape index (κ3) is 3.51. The topological polar surface area (TPSA) is 64.3 Å². The first-order valence-corrected chi connectivity index (χ1v) is 6.48. The first kappa shape index (κ1) is 14.8. The Balaban J connectivity index is 2.19. The number of carbonyl (C=O) groups is 1. The molecule has 0 saturated carbocycles. The number of halogens is 1. The summed E-state index contributed by atoms with van der Waals surface area (Å²) in [5.41, 5.74) is 7.68. The summed E-state index contributed by atoms with van der Waals surface area (Å²) in [6.45, 7) is 2.13. The van der Waals surface area contributed by atoms with Crippen molar-refractivity contribution in [2.24, 2.45) is 5.73 Å². The molecule has 0 bridgehead atoms. The Kier molecular flexibility index (Phi) is 4.42. The Bertz CT molecular complexity index is 671. The Morgan fingerprint density at radius 2 is 2.05 bits per heavy atom. The SMILES string of the molecule is COc1ccc(C(N)=O)cc1NCc1ccc(C)c(F)c1. The van der Waals surface area contributed by atoms with Crippen LogP contribution in [0, 0.1) is 12.7 Å². The molecule has 4 nitrogen and oxygen atoms in total. The molecule has 0 atom stereocenters. The molecule has 2 aromatic rings. The number of hydrogen-bond acceptors (Lipinski definition) is 3. The maximum Gasteiger partial charge on any atom is 0.248 e. The predicted molar refractivity (Wildman–Crippen MR) is 80.0 cm³/mol. The van der Waals surface area contributed by atoms with Crippen LogP contribution in [-0.4, -0.2) is 13.0 Å². The van der Waals surface area contributed by atoms with E-state index in [1.165, 1.54) is 13.2 Å². The molecular weight excluding hydrogens is 271 g/mol. The zero-order valence-corrected chi connectivity index (χ0v) is 11.9. The molecule has 0 unspecified atom stereocenters. The number of ether oxygens (including phenoxy) is 1. The van der Waals surface area contributed by atoms with Crippen LogP contribution in [0.5, 0.6) is 5.75 Å². The second-order valence-corrected chi connectivity index (χ2v) is 4.72. The van der Waals surface area contributed by atoms with Gasteiger partial charge in [0, 0.05) is 12.1 Å². The lowest BCUT2D eigenvalue weighted by atomic mass is 10.1. The monoisotopic (exact) mass is 288 g/mol. The second kappa shape index (κ2) is 6.26. The fourth-order valence-electron chi connectivity index (χ4n) is 1.94. The second-order valence-electron chi connectivity index (χ2n) is 4.72. The van der Waals surface area contributed by atoms with Gasteiger partial charge in [-0.25, -0.2) is 4.39 Å². The van der Waals surface area contributed by atoms with E-state index < -0.39 is 5.91 Å². The highest BCUT2D eigenvalue weighted by Gasteiger charge is 2.08. The number of amides is 1. The minimum Gasteiger partial charge on any atom is -0.495 e. The van der Waals surface area contributed by atoms with Crippen LogP contribution in [0.2, 0.25) is 0 Å². The summed E-state index contributed by atoms with van der Waals surface area (Å²) in [5.74, 6) is -0.165. The molecule has 0 radical (unpaired) electrons. The lowest BCUT2D eigenvalue weighted by Crippen LogP contribution is -2.12. The van der Waals surface area contributed by atoms with Crippen LogP contribution in [0.1, 0.15) is 21.5 Å². The summed E-state index contributed by atoms with van der Waals surface area (Å²) < 4.78 is 18.7. The quantitative estimate of drug-likeness (QED) is 0.889. The summed E-state index contributed by atoms with van der Waals surface area (Å²) in [5, 5.41) is 3.12. The number of primary amides is 1. The van der Waals surface area contributed by atoms with Crippen LogP contribution in [0.15, 0.2) is 36.4 Å². The number of benzene rings is 2. The van der Waals surface area contributed by atoms with Crippen LogP contribution < -0.4 is 15.8 Å². The van der Waals surface area contributed by atoms with Crippen LogP contribution in [-0.2, 0) is 6.54 Å². The van der Waals surface area contributed by atoms with Gasteiger partial charge in [-0.2, -0.15) is 0 Å². The largest absolute Gasteiger partial charge is 0.495 e. The van der Waals surface area contributed by atoms with Crippen molar-refractivity contribution in [3.8, 4) is 5.75 Å². The number of aryl methyl sites for hydroxylation is 1. The minimum atomic E-state index is -0.512. The van der Waals surface area contributed by atoms with Gasteiger partial charge in [0.2, 0.25) is 5.91 Å². The Hall–Kier alpha value is -2.56. The molecule has 0 aliphatic carbocycles. The average molecular weight is 288 g/mol. The van der Waals surface area contributed by atoms with E-state index >= 15 is 0 Å². The first-order valence-electron chi connectivity index (χ1n) is 6.48. The van der Waals surface area contributed by atoms with Gasteiger partial charge in [-0.15, -0.1) is 0 Å². The standard InChI is InChI=1S/C16H17FN2O2/c1-10-3-4-11(7-13(10)17)9-19-14-8-12(16(18)20)5-6-15(14)21-2/h3-8,19H,9H2,1-2H3,(H2,18,20). The number of hydrogen-bond donors (Lipinski definition) is 2. The average Bonchev–Trinajstić information content (AvgIpc) is 2.48. The number of nitrogens with two attached hydrogens (primary N) is 1. The molecule has 2 rings (SSSR count). The smallest absolute Gasteiger partial charge is 0.248 e. The van der Waals surface area contributed by atoms with E-state index in [2.05, 4.69) is 5.32 Å². The molecule has 110 valence electrons. The minimum absolute atomic E-state index is 0.243. The lowest BCUT2D eigenvalue weighted by Gasteiger charge is -2.12. The number of nitrogens with one attached hydrogen (secondary N) is 1. The van der Waals surface area contributed by atoms with Crippen LogP contribution in [0.3, 0.4) is 0 Å². The normalized spacial score (nSPS) is 10.2. The summed E-state index contributed by atoms with van der Waals surface area (Å²) >= 11 is 0. The highest BCUT2D eigenvalue weighted by Crippen LogP contribution is 2.26. The van der Waals surface area contributed by atoms with E-state index in [0.717, 1.165) is 5.56 Å². The highest BCUT2D eigenvalue weighted by molar-refractivity contribution is 5.94. The van der Waals surface area contributed by atoms with Crippen molar-refractivity contribution in [2.45, 2.75) is 13.5 Å². The molecule has 0 aliphatic heterocycles. The molecule has 5 heteroatoms. The van der Waals surface area contributed by atoms with E-state index in [4.69, 9.17) is 10.5 Å². The number of methoxy groups -OCH3 is 1. The number of carbonyl (C=O) groups excluding carboxylic acids is 1. The van der Waals surface area contributed by atoms with Gasteiger partial charge in [0.15, 0.2) is 0 Å². The van der Waals surface area contributed by atoms with E-state index in [9.17, 15) is 9.18 Å². The fraction of sp³-hybridized carbons (Fsp3) is 0.188. The van der Waals surface area contributed by atoms with Crippen molar-refractivity contribution in [1.82, 2.24) is 0 Å². The summed E-state index contributed by atoms with van der Waals surface area (Å²) in [6, 6.07) is 9.92. The van der Waals surface area contributed by atoms with Gasteiger partial charge in [-0.1, -0.05) is 12.1 Å². The van der Waals surface area contributed by atoms with Crippen molar-refractivity contribution < 1.29 is 13.9 Å². The third-order valence-corrected chi connectivity index (χ3v) is 3.20. The molecule has 3 N–H and O–H groups in total. The molecule has 1 amide bonds. The molecule has 0 spiro atoms. The predicted octanol–water partition coefficient (Wildman–Crippen LogP) is 2.85. The lowest BCUT2D eigenvalue weighted by molar-refractivity contribution is 0.100. The van der Waals surface area contributed by atoms with Crippen LogP contribution >= 0.6 is 0 Å². The first-order chi connectivity index (χ1) is 10.0. The Morgan fingerprint density at radius 3 is 2.67 bits per heavy atom. The van der Waals surface area contributed by atoms with E-state index in [-0.39, 0.29) is 5.82 Å². The van der Waals surface area contributed by atoms with Gasteiger partial charge >= 0.3 is 0 Å². The van der Waals surface area contributed by atoms with Gasteiger partial charge in [0.25, 0.3) is 0 Å². The maximum atomic E-state index is 13.5. The summed E-state index contributed by atoms with van der Waals surface area (Å²) in [6.07, 6.45) is 0. The molecule has 0 heterocycles. The van der Waals surface area contributed by atoms with E-state index in [1.54, 1.807) is 31.2 Å². The van der Waals surface area contributed by atoms with Gasteiger partial charge in [-0.3, -0.25) is 4.79 Å². The molecule has 0 fully saturated rings. The maximum absolute atomic E-state index is 13.5.